The Bertz CT molecular complexity index is 799. The van der Waals surface area contributed by atoms with Crippen LogP contribution in [0.5, 0.6) is 5.75 Å². The molecule has 1 N–H and O–H groups in total. The second-order valence-electron chi connectivity index (χ2n) is 6.04. The Morgan fingerprint density at radius 3 is 2.67 bits per heavy atom. The molecule has 0 saturated carbocycles. The van der Waals surface area contributed by atoms with Crippen LogP contribution >= 0.6 is 11.6 Å². The van der Waals surface area contributed by atoms with Gasteiger partial charge in [-0.3, -0.25) is 9.59 Å². The van der Waals surface area contributed by atoms with Crippen LogP contribution in [0.2, 0.25) is 5.02 Å². The molecule has 0 spiro atoms. The molecule has 0 heterocycles. The minimum Gasteiger partial charge on any atom is -0.483 e. The lowest BCUT2D eigenvalue weighted by atomic mass is 9.97. The van der Waals surface area contributed by atoms with Crippen LogP contribution in [-0.4, -0.2) is 18.3 Å². The standard InChI is InChI=1S/C19H18ClNO3/c1-11-3-8-16(19-15(22)9-12(2)18(11)19)24-10-17(23)21-14-6-4-13(20)5-7-14/h3-8,12H,9-10H2,1-2H3,(H,21,23)/t12-/m1/s1. The summed E-state index contributed by atoms with van der Waals surface area (Å²) in [5, 5.41) is 3.33. The second kappa shape index (κ2) is 6.65. The van der Waals surface area contributed by atoms with E-state index < -0.39 is 0 Å². The molecule has 2 aromatic carbocycles. The summed E-state index contributed by atoms with van der Waals surface area (Å²) >= 11 is 5.81. The largest absolute Gasteiger partial charge is 0.483 e. The quantitative estimate of drug-likeness (QED) is 0.897. The molecule has 4 nitrogen and oxygen atoms in total. The van der Waals surface area contributed by atoms with Gasteiger partial charge in [0.15, 0.2) is 12.4 Å². The van der Waals surface area contributed by atoms with Crippen molar-refractivity contribution in [1.29, 1.82) is 0 Å². The summed E-state index contributed by atoms with van der Waals surface area (Å²) in [6, 6.07) is 10.5. The number of nitrogens with one attached hydrogen (secondary N) is 1. The highest BCUT2D eigenvalue weighted by Crippen LogP contribution is 2.40. The normalized spacial score (nSPS) is 16.0. The third kappa shape index (κ3) is 3.29. The van der Waals surface area contributed by atoms with Gasteiger partial charge in [-0.1, -0.05) is 24.6 Å². The molecule has 1 aliphatic rings. The van der Waals surface area contributed by atoms with Gasteiger partial charge in [0.25, 0.3) is 5.91 Å². The smallest absolute Gasteiger partial charge is 0.262 e. The number of anilines is 1. The SMILES string of the molecule is Cc1ccc(OCC(=O)Nc2ccc(Cl)cc2)c2c1[C@H](C)CC2=O. The number of halogens is 1. The van der Waals surface area contributed by atoms with Crippen molar-refractivity contribution in [2.24, 2.45) is 0 Å². The zero-order chi connectivity index (χ0) is 17.3. The van der Waals surface area contributed by atoms with Crippen molar-refractivity contribution < 1.29 is 14.3 Å². The maximum absolute atomic E-state index is 12.2. The van der Waals surface area contributed by atoms with Crippen molar-refractivity contribution >= 4 is 29.0 Å². The van der Waals surface area contributed by atoms with Gasteiger partial charge in [0, 0.05) is 17.1 Å². The van der Waals surface area contributed by atoms with Gasteiger partial charge in [-0.2, -0.15) is 0 Å². The number of hydrogen-bond acceptors (Lipinski definition) is 3. The summed E-state index contributed by atoms with van der Waals surface area (Å²) in [7, 11) is 0. The number of Topliss-reactive ketones (excluding diaryl/α,β-unsaturated/α-hetero) is 1. The van der Waals surface area contributed by atoms with Crippen LogP contribution in [0.25, 0.3) is 0 Å². The minimum atomic E-state index is -0.287. The molecule has 1 amide bonds. The number of ketones is 1. The molecule has 5 heteroatoms. The number of carbonyl (C=O) groups excluding carboxylic acids is 2. The minimum absolute atomic E-state index is 0.0781. The Kier molecular flexibility index (Phi) is 4.58. The number of hydrogen-bond donors (Lipinski definition) is 1. The fourth-order valence-electron chi connectivity index (χ4n) is 3.10. The average molecular weight is 344 g/mol. The van der Waals surface area contributed by atoms with E-state index in [2.05, 4.69) is 5.32 Å². The lowest BCUT2D eigenvalue weighted by Crippen LogP contribution is -2.20. The van der Waals surface area contributed by atoms with Crippen LogP contribution in [0.1, 0.15) is 40.7 Å². The number of rotatable bonds is 4. The Balaban J connectivity index is 1.70. The Morgan fingerprint density at radius 2 is 1.96 bits per heavy atom. The van der Waals surface area contributed by atoms with Crippen molar-refractivity contribution in [1.82, 2.24) is 0 Å². The molecule has 1 atom stereocenters. The molecule has 2 aromatic rings. The van der Waals surface area contributed by atoms with E-state index in [0.717, 1.165) is 11.1 Å². The van der Waals surface area contributed by atoms with E-state index in [0.29, 0.717) is 28.4 Å². The summed E-state index contributed by atoms with van der Waals surface area (Å²) in [5.74, 6) is 0.467. The van der Waals surface area contributed by atoms with Gasteiger partial charge in [-0.05, 0) is 54.3 Å². The average Bonchev–Trinajstić information content (AvgIpc) is 2.85. The highest BCUT2D eigenvalue weighted by atomic mass is 35.5. The summed E-state index contributed by atoms with van der Waals surface area (Å²) in [6.45, 7) is 3.87. The van der Waals surface area contributed by atoms with Crippen LogP contribution in [0.3, 0.4) is 0 Å². The van der Waals surface area contributed by atoms with Gasteiger partial charge in [-0.25, -0.2) is 0 Å². The van der Waals surface area contributed by atoms with Crippen LogP contribution in [-0.2, 0) is 4.79 Å². The summed E-state index contributed by atoms with van der Waals surface area (Å²) < 4.78 is 5.62. The molecule has 0 saturated heterocycles. The van der Waals surface area contributed by atoms with E-state index in [-0.39, 0.29) is 24.2 Å². The molecule has 0 fully saturated rings. The van der Waals surface area contributed by atoms with E-state index >= 15 is 0 Å². The zero-order valence-corrected chi connectivity index (χ0v) is 14.3. The number of fused-ring (bicyclic) bond motifs is 1. The first-order valence-electron chi connectivity index (χ1n) is 7.80. The Labute approximate surface area is 145 Å². The van der Waals surface area contributed by atoms with Gasteiger partial charge >= 0.3 is 0 Å². The van der Waals surface area contributed by atoms with E-state index in [1.807, 2.05) is 19.9 Å². The van der Waals surface area contributed by atoms with Gasteiger partial charge in [0.2, 0.25) is 0 Å². The monoisotopic (exact) mass is 343 g/mol. The van der Waals surface area contributed by atoms with Crippen LogP contribution in [0.4, 0.5) is 5.69 Å². The second-order valence-corrected chi connectivity index (χ2v) is 6.48. The third-order valence-corrected chi connectivity index (χ3v) is 4.43. The van der Waals surface area contributed by atoms with Gasteiger partial charge in [-0.15, -0.1) is 0 Å². The molecule has 124 valence electrons. The molecule has 1 aliphatic carbocycles. The van der Waals surface area contributed by atoms with Crippen LogP contribution in [0, 0.1) is 6.92 Å². The number of carbonyl (C=O) groups is 2. The number of benzene rings is 2. The Hall–Kier alpha value is -2.33. The predicted octanol–water partition coefficient (Wildman–Crippen LogP) is 4.36. The third-order valence-electron chi connectivity index (χ3n) is 4.18. The first-order chi connectivity index (χ1) is 11.5. The van der Waals surface area contributed by atoms with E-state index in [1.165, 1.54) is 0 Å². The van der Waals surface area contributed by atoms with E-state index in [1.54, 1.807) is 30.3 Å². The fraction of sp³-hybridized carbons (Fsp3) is 0.263. The highest BCUT2D eigenvalue weighted by Gasteiger charge is 2.31. The summed E-state index contributed by atoms with van der Waals surface area (Å²) in [6.07, 6.45) is 0.494. The maximum atomic E-state index is 12.2. The van der Waals surface area contributed by atoms with Gasteiger partial charge in [0.05, 0.1) is 5.56 Å². The zero-order valence-electron chi connectivity index (χ0n) is 13.6. The molecule has 0 radical (unpaired) electrons. The van der Waals surface area contributed by atoms with Crippen molar-refractivity contribution in [3.63, 3.8) is 0 Å². The molecular formula is C19H18ClNO3. The number of amides is 1. The topological polar surface area (TPSA) is 55.4 Å². The molecule has 0 unspecified atom stereocenters. The predicted molar refractivity (Wildman–Crippen MR) is 94.1 cm³/mol. The van der Waals surface area contributed by atoms with E-state index in [4.69, 9.17) is 16.3 Å². The lowest BCUT2D eigenvalue weighted by molar-refractivity contribution is -0.118. The molecule has 0 bridgehead atoms. The Morgan fingerprint density at radius 1 is 1.25 bits per heavy atom. The van der Waals surface area contributed by atoms with Gasteiger partial charge in [0.1, 0.15) is 5.75 Å². The fourth-order valence-corrected chi connectivity index (χ4v) is 3.23. The molecular weight excluding hydrogens is 326 g/mol. The van der Waals surface area contributed by atoms with Crippen LogP contribution < -0.4 is 10.1 Å². The van der Waals surface area contributed by atoms with Crippen molar-refractivity contribution in [2.75, 3.05) is 11.9 Å². The summed E-state index contributed by atoms with van der Waals surface area (Å²) in [4.78, 5) is 24.3. The van der Waals surface area contributed by atoms with Crippen molar-refractivity contribution in [3.8, 4) is 5.75 Å². The summed E-state index contributed by atoms with van der Waals surface area (Å²) in [5.41, 5.74) is 3.39. The first kappa shape index (κ1) is 16.5. The van der Waals surface area contributed by atoms with E-state index in [9.17, 15) is 9.59 Å². The van der Waals surface area contributed by atoms with Crippen LogP contribution in [0.15, 0.2) is 36.4 Å². The number of aryl methyl sites for hydroxylation is 1. The molecule has 3 rings (SSSR count). The highest BCUT2D eigenvalue weighted by molar-refractivity contribution is 6.30. The van der Waals surface area contributed by atoms with Crippen molar-refractivity contribution in [3.05, 3.63) is 58.1 Å². The van der Waals surface area contributed by atoms with Crippen molar-refractivity contribution in [2.45, 2.75) is 26.2 Å². The number of ether oxygens (including phenoxy) is 1. The molecule has 24 heavy (non-hydrogen) atoms. The first-order valence-corrected chi connectivity index (χ1v) is 8.18. The van der Waals surface area contributed by atoms with Gasteiger partial charge < -0.3 is 10.1 Å². The molecule has 0 aromatic heterocycles. The molecule has 0 aliphatic heterocycles. The lowest BCUT2D eigenvalue weighted by Gasteiger charge is -2.13. The maximum Gasteiger partial charge on any atom is 0.262 e.